The Hall–Kier alpha value is -3.82. The molecule has 12 heteroatoms. The first-order valence-corrected chi connectivity index (χ1v) is 16.0. The molecule has 10 nitrogen and oxygen atoms in total. The van der Waals surface area contributed by atoms with E-state index in [0.29, 0.717) is 96.1 Å². The van der Waals surface area contributed by atoms with Gasteiger partial charge in [-0.05, 0) is 68.9 Å². The van der Waals surface area contributed by atoms with Crippen LogP contribution < -0.4 is 19.9 Å². The van der Waals surface area contributed by atoms with Gasteiger partial charge in [0.15, 0.2) is 11.5 Å². The van der Waals surface area contributed by atoms with Crippen LogP contribution in [0.4, 0.5) is 5.82 Å². The molecule has 2 aromatic rings. The zero-order valence-electron chi connectivity index (χ0n) is 25.8. The second-order valence-corrected chi connectivity index (χ2v) is 12.3. The van der Waals surface area contributed by atoms with Crippen LogP contribution in [-0.2, 0) is 27.3 Å². The maximum absolute atomic E-state index is 13.7. The molecule has 3 heterocycles. The molecule has 0 unspecified atom stereocenters. The van der Waals surface area contributed by atoms with Crippen LogP contribution in [0.5, 0.6) is 11.5 Å². The summed E-state index contributed by atoms with van der Waals surface area (Å²) in [5.74, 6) is 1.26. The Labute approximate surface area is 267 Å². The van der Waals surface area contributed by atoms with E-state index in [1.165, 1.54) is 11.8 Å². The van der Waals surface area contributed by atoms with Gasteiger partial charge in [0.2, 0.25) is 0 Å². The summed E-state index contributed by atoms with van der Waals surface area (Å²) in [5, 5.41) is 9.94. The molecule has 2 saturated heterocycles. The highest BCUT2D eigenvalue weighted by molar-refractivity contribution is 8.26. The number of piperidine rings is 1. The molecule has 0 N–H and O–H groups in total. The van der Waals surface area contributed by atoms with Gasteiger partial charge in [-0.1, -0.05) is 37.0 Å². The molecule has 2 aliphatic heterocycles. The molecular weight excluding hydrogens is 601 g/mol. The number of aromatic nitrogens is 1. The Bertz CT molecular complexity index is 1570. The van der Waals surface area contributed by atoms with E-state index in [1.807, 2.05) is 25.1 Å². The molecule has 1 aromatic carbocycles. The van der Waals surface area contributed by atoms with E-state index in [0.717, 1.165) is 5.56 Å². The first kappa shape index (κ1) is 33.1. The maximum Gasteiger partial charge on any atom is 0.309 e. The average Bonchev–Trinajstić information content (AvgIpc) is 3.29. The number of hydrogen-bond acceptors (Lipinski definition) is 10. The van der Waals surface area contributed by atoms with E-state index < -0.39 is 0 Å². The number of esters is 1. The van der Waals surface area contributed by atoms with E-state index >= 15 is 0 Å². The second kappa shape index (κ2) is 14.8. The number of thiocarbonyl (C=S) groups is 1. The summed E-state index contributed by atoms with van der Waals surface area (Å²) < 4.78 is 18.1. The van der Waals surface area contributed by atoms with Crippen molar-refractivity contribution in [3.63, 3.8) is 0 Å². The van der Waals surface area contributed by atoms with Crippen molar-refractivity contribution >= 4 is 52.1 Å². The number of nitrogens with zero attached hydrogens (tertiary/aromatic N) is 4. The first-order chi connectivity index (χ1) is 21.2. The number of ether oxygens (including phenoxy) is 3. The molecule has 2 aliphatic rings. The molecule has 2 fully saturated rings. The molecule has 44 heavy (non-hydrogen) atoms. The lowest BCUT2D eigenvalue weighted by molar-refractivity contribution is -0.148. The van der Waals surface area contributed by atoms with Crippen LogP contribution >= 0.6 is 24.0 Å². The summed E-state index contributed by atoms with van der Waals surface area (Å²) in [6.07, 6.45) is 4.16. The lowest BCUT2D eigenvalue weighted by Crippen LogP contribution is -2.41. The van der Waals surface area contributed by atoms with Gasteiger partial charge in [-0.3, -0.25) is 23.9 Å². The van der Waals surface area contributed by atoms with Crippen molar-refractivity contribution in [2.75, 3.05) is 45.4 Å². The summed E-state index contributed by atoms with van der Waals surface area (Å²) in [5.41, 5.74) is 1.83. The Balaban J connectivity index is 1.68. The van der Waals surface area contributed by atoms with Crippen molar-refractivity contribution < 1.29 is 23.8 Å². The van der Waals surface area contributed by atoms with Crippen molar-refractivity contribution in [1.82, 2.24) is 9.47 Å². The molecule has 0 atom stereocenters. The zero-order valence-corrected chi connectivity index (χ0v) is 27.4. The van der Waals surface area contributed by atoms with Crippen LogP contribution in [0.2, 0.25) is 0 Å². The lowest BCUT2D eigenvalue weighted by atomic mass is 9.95. The normalized spacial score (nSPS) is 16.4. The average molecular weight is 639 g/mol. The fraction of sp³-hybridized carbons (Fsp3) is 0.469. The largest absolute Gasteiger partial charge is 0.493 e. The third-order valence-corrected chi connectivity index (χ3v) is 9.31. The number of hydrogen-bond donors (Lipinski definition) is 0. The van der Waals surface area contributed by atoms with E-state index in [2.05, 4.69) is 11.0 Å². The zero-order chi connectivity index (χ0) is 32.0. The van der Waals surface area contributed by atoms with Crippen LogP contribution in [-0.4, -0.2) is 66.1 Å². The SMILES string of the molecule is CCCn1c(N2CCC(C(=O)OCC)CC2)c(/C=C2\SC(=S)N(CCc3ccc(OC)c(OC)c3)C2=O)c(C)c(C#N)c1=O. The lowest BCUT2D eigenvalue weighted by Gasteiger charge is -2.35. The number of carbonyl (C=O) groups is 2. The summed E-state index contributed by atoms with van der Waals surface area (Å²) in [7, 11) is 3.16. The Morgan fingerprint density at radius 3 is 2.45 bits per heavy atom. The fourth-order valence-electron chi connectivity index (χ4n) is 5.60. The van der Waals surface area contributed by atoms with Gasteiger partial charge in [0.25, 0.3) is 11.5 Å². The Morgan fingerprint density at radius 1 is 1.14 bits per heavy atom. The second-order valence-electron chi connectivity index (χ2n) is 10.6. The molecule has 1 aromatic heterocycles. The minimum Gasteiger partial charge on any atom is -0.493 e. The molecule has 0 saturated carbocycles. The minimum absolute atomic E-state index is 0.0544. The van der Waals surface area contributed by atoms with Crippen molar-refractivity contribution in [2.45, 2.75) is 53.0 Å². The third kappa shape index (κ3) is 6.79. The van der Waals surface area contributed by atoms with Gasteiger partial charge < -0.3 is 19.1 Å². The van der Waals surface area contributed by atoms with Crippen LogP contribution in [0.15, 0.2) is 27.9 Å². The molecule has 0 radical (unpaired) electrons. The van der Waals surface area contributed by atoms with Gasteiger partial charge in [-0.15, -0.1) is 0 Å². The summed E-state index contributed by atoms with van der Waals surface area (Å²) in [6.45, 7) is 7.70. The number of carbonyl (C=O) groups excluding carboxylic acids is 2. The van der Waals surface area contributed by atoms with Gasteiger partial charge in [-0.25, -0.2) is 0 Å². The summed E-state index contributed by atoms with van der Waals surface area (Å²) in [4.78, 5) is 43.7. The number of pyridine rings is 1. The highest BCUT2D eigenvalue weighted by Gasteiger charge is 2.34. The summed E-state index contributed by atoms with van der Waals surface area (Å²) >= 11 is 6.83. The molecule has 1 amide bonds. The number of anilines is 1. The highest BCUT2D eigenvalue weighted by Crippen LogP contribution is 2.37. The fourth-order valence-corrected chi connectivity index (χ4v) is 6.89. The molecule has 0 bridgehead atoms. The third-order valence-electron chi connectivity index (χ3n) is 7.93. The van der Waals surface area contributed by atoms with Crippen LogP contribution in [0, 0.1) is 24.2 Å². The van der Waals surface area contributed by atoms with E-state index in [1.54, 1.807) is 43.6 Å². The van der Waals surface area contributed by atoms with Crippen molar-refractivity contribution in [1.29, 1.82) is 5.26 Å². The smallest absolute Gasteiger partial charge is 0.309 e. The highest BCUT2D eigenvalue weighted by atomic mass is 32.2. The quantitative estimate of drug-likeness (QED) is 0.195. The van der Waals surface area contributed by atoms with Crippen LogP contribution in [0.3, 0.4) is 0 Å². The summed E-state index contributed by atoms with van der Waals surface area (Å²) in [6, 6.07) is 7.73. The number of benzene rings is 1. The van der Waals surface area contributed by atoms with Gasteiger partial charge in [0, 0.05) is 31.7 Å². The maximum atomic E-state index is 13.7. The van der Waals surface area contributed by atoms with Crippen LogP contribution in [0.1, 0.15) is 55.4 Å². The standard InChI is InChI=1S/C32H38N4O6S2/c1-6-13-35-28(34-14-11-22(12-15-34)31(39)42-7-2)23(20(3)24(19-33)29(35)37)18-27-30(38)36(32(43)44-27)16-10-21-8-9-25(40-4)26(17-21)41-5/h8-9,17-18,22H,6-7,10-16H2,1-5H3/b27-18-. The van der Waals surface area contributed by atoms with Gasteiger partial charge in [-0.2, -0.15) is 5.26 Å². The first-order valence-electron chi connectivity index (χ1n) is 14.7. The number of nitriles is 1. The van der Waals surface area contributed by atoms with Crippen molar-refractivity contribution in [3.8, 4) is 17.6 Å². The minimum atomic E-state index is -0.353. The van der Waals surface area contributed by atoms with E-state index in [-0.39, 0.29) is 28.9 Å². The molecular formula is C32H38N4O6S2. The van der Waals surface area contributed by atoms with E-state index in [9.17, 15) is 19.6 Å². The van der Waals surface area contributed by atoms with Gasteiger partial charge in [0.05, 0.1) is 31.6 Å². The van der Waals surface area contributed by atoms with Crippen LogP contribution in [0.25, 0.3) is 6.08 Å². The molecule has 0 aliphatic carbocycles. The molecule has 4 rings (SSSR count). The number of amides is 1. The number of thioether (sulfide) groups is 1. The number of methoxy groups -OCH3 is 2. The van der Waals surface area contributed by atoms with E-state index in [4.69, 9.17) is 26.4 Å². The Kier molecular flexibility index (Phi) is 11.1. The van der Waals surface area contributed by atoms with Gasteiger partial charge in [0.1, 0.15) is 21.8 Å². The number of rotatable bonds is 11. The molecule has 0 spiro atoms. The van der Waals surface area contributed by atoms with Crippen molar-refractivity contribution in [3.05, 3.63) is 55.7 Å². The predicted molar refractivity (Wildman–Crippen MR) is 175 cm³/mol. The monoisotopic (exact) mass is 638 g/mol. The van der Waals surface area contributed by atoms with Gasteiger partial charge >= 0.3 is 5.97 Å². The Morgan fingerprint density at radius 2 is 1.84 bits per heavy atom. The van der Waals surface area contributed by atoms with Crippen molar-refractivity contribution in [2.24, 2.45) is 5.92 Å². The molecule has 234 valence electrons. The predicted octanol–water partition coefficient (Wildman–Crippen LogP) is 4.68. The topological polar surface area (TPSA) is 114 Å².